The molecule has 0 radical (unpaired) electrons. The van der Waals surface area contributed by atoms with E-state index >= 15 is 0 Å². The van der Waals surface area contributed by atoms with Gasteiger partial charge in [-0.2, -0.15) is 15.5 Å². The number of methoxy groups -OCH3 is 1. The molecular weight excluding hydrogens is 430 g/mol. The maximum Gasteiger partial charge on any atom is 0.272 e. The van der Waals surface area contributed by atoms with E-state index in [4.69, 9.17) is 26.3 Å². The third-order valence-corrected chi connectivity index (χ3v) is 5.01. The van der Waals surface area contributed by atoms with Crippen molar-refractivity contribution in [2.24, 2.45) is 0 Å². The number of rotatable bonds is 8. The molecule has 11 heteroatoms. The smallest absolute Gasteiger partial charge is 0.272 e. The second-order valence-electron chi connectivity index (χ2n) is 6.69. The number of halogens is 3. The Morgan fingerprint density at radius 1 is 1.29 bits per heavy atom. The highest BCUT2D eigenvalue weighted by Gasteiger charge is 2.26. The summed E-state index contributed by atoms with van der Waals surface area (Å²) in [5.41, 5.74) is 2.69. The molecule has 3 heterocycles. The molecule has 1 aliphatic heterocycles. The van der Waals surface area contributed by atoms with Crippen LogP contribution in [-0.4, -0.2) is 48.1 Å². The van der Waals surface area contributed by atoms with Crippen LogP contribution in [0.1, 0.15) is 22.3 Å². The Morgan fingerprint density at radius 3 is 2.77 bits per heavy atom. The van der Waals surface area contributed by atoms with Crippen molar-refractivity contribution in [3.8, 4) is 23.9 Å². The SMILES string of the molecule is COc1nc(OCC(F)F)ccc1CN1CCc2c(NCC#N)nc(Cl)c(C#N)c2C1. The van der Waals surface area contributed by atoms with Crippen molar-refractivity contribution in [3.05, 3.63) is 39.5 Å². The van der Waals surface area contributed by atoms with Gasteiger partial charge in [0.15, 0.2) is 6.61 Å². The minimum atomic E-state index is -2.59. The van der Waals surface area contributed by atoms with Gasteiger partial charge in [-0.25, -0.2) is 13.8 Å². The van der Waals surface area contributed by atoms with Gasteiger partial charge < -0.3 is 14.8 Å². The van der Waals surface area contributed by atoms with Gasteiger partial charge in [0.25, 0.3) is 6.43 Å². The van der Waals surface area contributed by atoms with Gasteiger partial charge in [-0.1, -0.05) is 11.6 Å². The number of aromatic nitrogens is 2. The molecule has 0 unspecified atom stereocenters. The Hall–Kier alpha value is -3.21. The largest absolute Gasteiger partial charge is 0.481 e. The number of hydrogen-bond donors (Lipinski definition) is 1. The van der Waals surface area contributed by atoms with Crippen molar-refractivity contribution in [2.75, 3.05) is 32.1 Å². The standard InChI is InChI=1S/C20H19ClF2N6O2/c1-30-20-12(2-3-17(27-20)31-11-16(22)23)9-29-7-4-13-15(10-29)14(8-25)18(21)28-19(13)26-6-5-24/h2-3,16H,4,6-7,9-11H2,1H3,(H,26,28). The summed E-state index contributed by atoms with van der Waals surface area (Å²) in [4.78, 5) is 10.5. The molecule has 0 saturated carbocycles. The number of nitrogens with zero attached hydrogens (tertiary/aromatic N) is 5. The molecule has 0 atom stereocenters. The molecule has 0 spiro atoms. The zero-order valence-corrected chi connectivity index (χ0v) is 17.4. The first-order valence-corrected chi connectivity index (χ1v) is 9.74. The summed E-state index contributed by atoms with van der Waals surface area (Å²) < 4.78 is 35.0. The number of hydrogen-bond acceptors (Lipinski definition) is 8. The topological polar surface area (TPSA) is 107 Å². The molecule has 2 aromatic rings. The van der Waals surface area contributed by atoms with Crippen LogP contribution in [0, 0.1) is 22.7 Å². The van der Waals surface area contributed by atoms with Crippen LogP contribution < -0.4 is 14.8 Å². The fraction of sp³-hybridized carbons (Fsp3) is 0.400. The zero-order chi connectivity index (χ0) is 22.4. The maximum absolute atomic E-state index is 12.4. The lowest BCUT2D eigenvalue weighted by molar-refractivity contribution is 0.0792. The summed E-state index contributed by atoms with van der Waals surface area (Å²) in [6.45, 7) is 0.890. The van der Waals surface area contributed by atoms with Gasteiger partial charge in [0, 0.05) is 36.8 Å². The van der Waals surface area contributed by atoms with Crippen molar-refractivity contribution in [2.45, 2.75) is 25.9 Å². The fourth-order valence-electron chi connectivity index (χ4n) is 3.39. The number of anilines is 1. The summed E-state index contributed by atoms with van der Waals surface area (Å²) >= 11 is 6.20. The van der Waals surface area contributed by atoms with E-state index in [1.54, 1.807) is 6.07 Å². The molecule has 0 aliphatic carbocycles. The van der Waals surface area contributed by atoms with Crippen LogP contribution in [0.4, 0.5) is 14.6 Å². The average Bonchev–Trinajstić information content (AvgIpc) is 2.76. The Morgan fingerprint density at radius 2 is 2.10 bits per heavy atom. The van der Waals surface area contributed by atoms with Crippen molar-refractivity contribution < 1.29 is 18.3 Å². The van der Waals surface area contributed by atoms with Crippen LogP contribution in [0.5, 0.6) is 11.8 Å². The molecule has 31 heavy (non-hydrogen) atoms. The first-order valence-electron chi connectivity index (χ1n) is 9.36. The second-order valence-corrected chi connectivity index (χ2v) is 7.05. The first kappa shape index (κ1) is 22.5. The Labute approximate surface area is 183 Å². The maximum atomic E-state index is 12.4. The summed E-state index contributed by atoms with van der Waals surface area (Å²) in [6.07, 6.45) is -1.99. The lowest BCUT2D eigenvalue weighted by Crippen LogP contribution is -2.32. The summed E-state index contributed by atoms with van der Waals surface area (Å²) in [5, 5.41) is 21.4. The zero-order valence-electron chi connectivity index (χ0n) is 16.7. The fourth-order valence-corrected chi connectivity index (χ4v) is 3.63. The minimum Gasteiger partial charge on any atom is -0.481 e. The number of pyridine rings is 2. The van der Waals surface area contributed by atoms with E-state index in [0.29, 0.717) is 37.4 Å². The highest BCUT2D eigenvalue weighted by atomic mass is 35.5. The average molecular weight is 449 g/mol. The van der Waals surface area contributed by atoms with E-state index in [1.165, 1.54) is 13.2 Å². The van der Waals surface area contributed by atoms with Gasteiger partial charge in [0.1, 0.15) is 23.6 Å². The molecule has 1 N–H and O–H groups in total. The summed E-state index contributed by atoms with van der Waals surface area (Å²) in [5.74, 6) is 0.852. The number of ether oxygens (including phenoxy) is 2. The Kier molecular flexibility index (Phi) is 7.40. The van der Waals surface area contributed by atoms with Crippen molar-refractivity contribution in [3.63, 3.8) is 0 Å². The van der Waals surface area contributed by atoms with Crippen LogP contribution in [-0.2, 0) is 19.5 Å². The van der Waals surface area contributed by atoms with Crippen LogP contribution in [0.15, 0.2) is 12.1 Å². The van der Waals surface area contributed by atoms with E-state index in [1.807, 2.05) is 6.07 Å². The highest BCUT2D eigenvalue weighted by Crippen LogP contribution is 2.33. The molecule has 0 fully saturated rings. The predicted octanol–water partition coefficient (Wildman–Crippen LogP) is 3.15. The predicted molar refractivity (Wildman–Crippen MR) is 108 cm³/mol. The highest BCUT2D eigenvalue weighted by molar-refractivity contribution is 6.30. The third kappa shape index (κ3) is 5.29. The third-order valence-electron chi connectivity index (χ3n) is 4.73. The van der Waals surface area contributed by atoms with Crippen LogP contribution in [0.2, 0.25) is 5.15 Å². The number of alkyl halides is 2. The van der Waals surface area contributed by atoms with E-state index in [-0.39, 0.29) is 23.5 Å². The van der Waals surface area contributed by atoms with Gasteiger partial charge in [-0.3, -0.25) is 4.90 Å². The number of nitrogens with one attached hydrogen (secondary N) is 1. The molecule has 8 nitrogen and oxygen atoms in total. The Balaban J connectivity index is 1.82. The molecule has 2 aromatic heterocycles. The molecule has 3 rings (SSSR count). The van der Waals surface area contributed by atoms with E-state index in [2.05, 4.69) is 26.3 Å². The Bertz CT molecular complexity index is 1040. The van der Waals surface area contributed by atoms with E-state index < -0.39 is 13.0 Å². The van der Waals surface area contributed by atoms with Gasteiger partial charge in [-0.05, 0) is 18.1 Å². The number of fused-ring (bicyclic) bond motifs is 1. The molecular formula is C20H19ClF2N6O2. The van der Waals surface area contributed by atoms with Gasteiger partial charge in [-0.15, -0.1) is 0 Å². The van der Waals surface area contributed by atoms with Gasteiger partial charge >= 0.3 is 0 Å². The number of nitriles is 2. The van der Waals surface area contributed by atoms with Crippen molar-refractivity contribution in [1.82, 2.24) is 14.9 Å². The first-order chi connectivity index (χ1) is 15.0. The van der Waals surface area contributed by atoms with Gasteiger partial charge in [0.2, 0.25) is 11.8 Å². The van der Waals surface area contributed by atoms with Crippen LogP contribution in [0.25, 0.3) is 0 Å². The molecule has 0 amide bonds. The monoisotopic (exact) mass is 448 g/mol. The molecule has 162 valence electrons. The van der Waals surface area contributed by atoms with Crippen molar-refractivity contribution >= 4 is 17.4 Å². The van der Waals surface area contributed by atoms with Gasteiger partial charge in [0.05, 0.1) is 18.7 Å². The van der Waals surface area contributed by atoms with E-state index in [9.17, 15) is 14.0 Å². The summed E-state index contributed by atoms with van der Waals surface area (Å²) in [7, 11) is 1.45. The molecule has 0 saturated heterocycles. The lowest BCUT2D eigenvalue weighted by Gasteiger charge is -2.30. The quantitative estimate of drug-likeness (QED) is 0.484. The second kappa shape index (κ2) is 10.2. The van der Waals surface area contributed by atoms with Crippen molar-refractivity contribution in [1.29, 1.82) is 10.5 Å². The minimum absolute atomic E-state index is 0.0581. The molecule has 0 aromatic carbocycles. The van der Waals surface area contributed by atoms with E-state index in [0.717, 1.165) is 16.7 Å². The van der Waals surface area contributed by atoms with Crippen LogP contribution >= 0.6 is 11.6 Å². The van der Waals surface area contributed by atoms with Crippen LogP contribution in [0.3, 0.4) is 0 Å². The normalized spacial score (nSPS) is 13.3. The summed E-state index contributed by atoms with van der Waals surface area (Å²) in [6, 6.07) is 7.35. The molecule has 1 aliphatic rings. The molecule has 0 bridgehead atoms. The lowest BCUT2D eigenvalue weighted by atomic mass is 9.96.